The number of amides is 1. The van der Waals surface area contributed by atoms with Gasteiger partial charge in [0.2, 0.25) is 0 Å². The molecule has 0 bridgehead atoms. The van der Waals surface area contributed by atoms with Crippen LogP contribution in [-0.4, -0.2) is 19.0 Å². The van der Waals surface area contributed by atoms with Crippen LogP contribution in [-0.2, 0) is 6.42 Å². The molecule has 1 fully saturated rings. The van der Waals surface area contributed by atoms with Crippen molar-refractivity contribution in [1.82, 2.24) is 5.32 Å². The maximum atomic E-state index is 12.2. The summed E-state index contributed by atoms with van der Waals surface area (Å²) in [6.07, 6.45) is 6.21. The first-order chi connectivity index (χ1) is 9.72. The lowest BCUT2D eigenvalue weighted by atomic mass is 9.82. The lowest BCUT2D eigenvalue weighted by Gasteiger charge is -2.26. The van der Waals surface area contributed by atoms with Gasteiger partial charge in [-0.25, -0.2) is 0 Å². The molecule has 0 aromatic heterocycles. The van der Waals surface area contributed by atoms with Crippen LogP contribution in [0.2, 0.25) is 0 Å². The molecule has 20 heavy (non-hydrogen) atoms. The molecule has 108 valence electrons. The maximum Gasteiger partial charge on any atom is 0.251 e. The number of anilines is 1. The zero-order valence-corrected chi connectivity index (χ0v) is 12.2. The number of fused-ring (bicyclic) bond motifs is 1. The first-order valence-corrected chi connectivity index (χ1v) is 7.87. The minimum atomic E-state index is 0.0814. The topological polar surface area (TPSA) is 41.1 Å². The zero-order chi connectivity index (χ0) is 13.9. The summed E-state index contributed by atoms with van der Waals surface area (Å²) in [5.74, 6) is 1.56. The molecule has 3 nitrogen and oxygen atoms in total. The maximum absolute atomic E-state index is 12.2. The predicted molar refractivity (Wildman–Crippen MR) is 82.1 cm³/mol. The van der Waals surface area contributed by atoms with Crippen LogP contribution in [0.25, 0.3) is 0 Å². The van der Waals surface area contributed by atoms with E-state index in [1.807, 2.05) is 18.2 Å². The second-order valence-corrected chi connectivity index (χ2v) is 6.40. The molecule has 3 rings (SSSR count). The van der Waals surface area contributed by atoms with E-state index in [4.69, 9.17) is 0 Å². The van der Waals surface area contributed by atoms with Crippen molar-refractivity contribution in [1.29, 1.82) is 0 Å². The summed E-state index contributed by atoms with van der Waals surface area (Å²) >= 11 is 0. The number of hydrogen-bond donors (Lipinski definition) is 2. The molecule has 1 aromatic carbocycles. The molecule has 0 spiro atoms. The van der Waals surface area contributed by atoms with Crippen molar-refractivity contribution < 1.29 is 4.79 Å². The van der Waals surface area contributed by atoms with E-state index < -0.39 is 0 Å². The van der Waals surface area contributed by atoms with Crippen LogP contribution < -0.4 is 10.6 Å². The summed E-state index contributed by atoms with van der Waals surface area (Å²) in [7, 11) is 0. The van der Waals surface area contributed by atoms with Gasteiger partial charge >= 0.3 is 0 Å². The summed E-state index contributed by atoms with van der Waals surface area (Å²) in [6, 6.07) is 5.99. The second kappa shape index (κ2) is 5.86. The van der Waals surface area contributed by atoms with Gasteiger partial charge < -0.3 is 10.6 Å². The number of carbonyl (C=O) groups is 1. The number of rotatable bonds is 3. The molecule has 1 amide bonds. The first-order valence-electron chi connectivity index (χ1n) is 7.87. The Labute approximate surface area is 121 Å². The van der Waals surface area contributed by atoms with Gasteiger partial charge in [-0.15, -0.1) is 0 Å². The van der Waals surface area contributed by atoms with Crippen molar-refractivity contribution in [2.24, 2.45) is 11.8 Å². The average molecular weight is 272 g/mol. The van der Waals surface area contributed by atoms with Crippen LogP contribution in [0.4, 0.5) is 5.69 Å². The summed E-state index contributed by atoms with van der Waals surface area (Å²) in [5.41, 5.74) is 3.25. The Morgan fingerprint density at radius 2 is 2.30 bits per heavy atom. The van der Waals surface area contributed by atoms with E-state index in [2.05, 4.69) is 17.6 Å². The van der Waals surface area contributed by atoms with E-state index in [9.17, 15) is 4.79 Å². The minimum Gasteiger partial charge on any atom is -0.384 e. The Morgan fingerprint density at radius 1 is 1.40 bits per heavy atom. The Kier molecular flexibility index (Phi) is 3.95. The Morgan fingerprint density at radius 3 is 3.15 bits per heavy atom. The number of benzene rings is 1. The molecular formula is C17H24N2O. The largest absolute Gasteiger partial charge is 0.384 e. The van der Waals surface area contributed by atoms with E-state index in [1.54, 1.807) is 0 Å². The molecule has 2 atom stereocenters. The molecule has 2 aliphatic rings. The van der Waals surface area contributed by atoms with Gasteiger partial charge in [-0.1, -0.05) is 19.8 Å². The van der Waals surface area contributed by atoms with Gasteiger partial charge in [0.15, 0.2) is 0 Å². The summed E-state index contributed by atoms with van der Waals surface area (Å²) in [5, 5.41) is 6.44. The fraction of sp³-hybridized carbons (Fsp3) is 0.588. The monoisotopic (exact) mass is 272 g/mol. The summed E-state index contributed by atoms with van der Waals surface area (Å²) in [4.78, 5) is 12.2. The van der Waals surface area contributed by atoms with Gasteiger partial charge in [0, 0.05) is 24.3 Å². The van der Waals surface area contributed by atoms with Crippen molar-refractivity contribution in [3.05, 3.63) is 29.3 Å². The standard InChI is InChI=1S/C17H24N2O/c1-12-3-2-4-13(9-12)11-19-17(20)15-5-6-16-14(10-15)7-8-18-16/h5-6,10,12-13,18H,2-4,7-9,11H2,1H3,(H,19,20). The first kappa shape index (κ1) is 13.5. The van der Waals surface area contributed by atoms with E-state index in [0.717, 1.165) is 31.0 Å². The lowest BCUT2D eigenvalue weighted by Crippen LogP contribution is -2.31. The molecular weight excluding hydrogens is 248 g/mol. The van der Waals surface area contributed by atoms with Crippen LogP contribution >= 0.6 is 0 Å². The molecule has 1 aromatic rings. The molecule has 1 saturated carbocycles. The Hall–Kier alpha value is -1.51. The molecule has 2 unspecified atom stereocenters. The third-order valence-corrected chi connectivity index (χ3v) is 4.67. The highest BCUT2D eigenvalue weighted by Crippen LogP contribution is 2.28. The highest BCUT2D eigenvalue weighted by atomic mass is 16.1. The lowest BCUT2D eigenvalue weighted by molar-refractivity contribution is 0.0940. The molecule has 3 heteroatoms. The van der Waals surface area contributed by atoms with E-state index in [0.29, 0.717) is 5.92 Å². The van der Waals surface area contributed by atoms with Crippen LogP contribution in [0.15, 0.2) is 18.2 Å². The summed E-state index contributed by atoms with van der Waals surface area (Å²) < 4.78 is 0. The van der Waals surface area contributed by atoms with Crippen molar-refractivity contribution in [3.63, 3.8) is 0 Å². The second-order valence-electron chi connectivity index (χ2n) is 6.40. The molecule has 1 aliphatic carbocycles. The molecule has 0 saturated heterocycles. The van der Waals surface area contributed by atoms with E-state index >= 15 is 0 Å². The van der Waals surface area contributed by atoms with Gasteiger partial charge in [0.25, 0.3) is 5.91 Å². The van der Waals surface area contributed by atoms with Crippen LogP contribution in [0, 0.1) is 11.8 Å². The van der Waals surface area contributed by atoms with Crippen molar-refractivity contribution in [2.75, 3.05) is 18.4 Å². The van der Waals surface area contributed by atoms with Gasteiger partial charge in [-0.3, -0.25) is 4.79 Å². The predicted octanol–water partition coefficient (Wildman–Crippen LogP) is 3.21. The fourth-order valence-electron chi connectivity index (χ4n) is 3.53. The van der Waals surface area contributed by atoms with Gasteiger partial charge in [-0.05, 0) is 54.9 Å². The highest BCUT2D eigenvalue weighted by Gasteiger charge is 2.20. The number of nitrogens with one attached hydrogen (secondary N) is 2. The third-order valence-electron chi connectivity index (χ3n) is 4.67. The summed E-state index contributed by atoms with van der Waals surface area (Å²) in [6.45, 7) is 4.14. The van der Waals surface area contributed by atoms with Gasteiger partial charge in [0.05, 0.1) is 0 Å². The SMILES string of the molecule is CC1CCCC(CNC(=O)c2ccc3c(c2)CCN3)C1. The Bertz CT molecular complexity index is 498. The normalized spacial score (nSPS) is 24.9. The van der Waals surface area contributed by atoms with Crippen molar-refractivity contribution >= 4 is 11.6 Å². The minimum absolute atomic E-state index is 0.0814. The van der Waals surface area contributed by atoms with E-state index in [1.165, 1.54) is 36.9 Å². The van der Waals surface area contributed by atoms with Gasteiger partial charge in [-0.2, -0.15) is 0 Å². The van der Waals surface area contributed by atoms with Crippen molar-refractivity contribution in [3.8, 4) is 0 Å². The van der Waals surface area contributed by atoms with Crippen LogP contribution in [0.5, 0.6) is 0 Å². The van der Waals surface area contributed by atoms with Crippen LogP contribution in [0.1, 0.15) is 48.5 Å². The third kappa shape index (κ3) is 2.97. The van der Waals surface area contributed by atoms with Crippen molar-refractivity contribution in [2.45, 2.75) is 39.0 Å². The molecule has 1 heterocycles. The van der Waals surface area contributed by atoms with Crippen LogP contribution in [0.3, 0.4) is 0 Å². The average Bonchev–Trinajstić information content (AvgIpc) is 2.92. The molecule has 1 aliphatic heterocycles. The quantitative estimate of drug-likeness (QED) is 0.887. The zero-order valence-electron chi connectivity index (χ0n) is 12.2. The molecule has 0 radical (unpaired) electrons. The number of carbonyl (C=O) groups excluding carboxylic acids is 1. The smallest absolute Gasteiger partial charge is 0.251 e. The highest BCUT2D eigenvalue weighted by molar-refractivity contribution is 5.95. The molecule has 2 N–H and O–H groups in total. The van der Waals surface area contributed by atoms with E-state index in [-0.39, 0.29) is 5.91 Å². The van der Waals surface area contributed by atoms with Gasteiger partial charge in [0.1, 0.15) is 0 Å². The Balaban J connectivity index is 1.56. The number of hydrogen-bond acceptors (Lipinski definition) is 2. The fourth-order valence-corrected chi connectivity index (χ4v) is 3.53.